The Labute approximate surface area is 152 Å². The van der Waals surface area contributed by atoms with Crippen molar-refractivity contribution < 1.29 is 14.3 Å². The number of para-hydroxylation sites is 2. The first-order valence-corrected chi connectivity index (χ1v) is 9.86. The van der Waals surface area contributed by atoms with Gasteiger partial charge < -0.3 is 14.8 Å². The SMILES string of the molecule is C[C@@H]1Oc2ccccc2O[C@@H]1C(=O)N[C@H](c1cccs1)C1CCCC1. The molecule has 4 nitrogen and oxygen atoms in total. The fourth-order valence-corrected chi connectivity index (χ4v) is 4.69. The van der Waals surface area contributed by atoms with Crippen molar-refractivity contribution in [2.75, 3.05) is 0 Å². The van der Waals surface area contributed by atoms with E-state index in [0.717, 1.165) is 0 Å². The van der Waals surface area contributed by atoms with Crippen molar-refractivity contribution in [2.45, 2.75) is 50.9 Å². The zero-order chi connectivity index (χ0) is 17.2. The number of hydrogen-bond acceptors (Lipinski definition) is 4. The minimum Gasteiger partial charge on any atom is -0.482 e. The second-order valence-electron chi connectivity index (χ2n) is 6.85. The molecule has 0 spiro atoms. The van der Waals surface area contributed by atoms with Gasteiger partial charge in [0.2, 0.25) is 6.10 Å². The Hall–Kier alpha value is -2.01. The van der Waals surface area contributed by atoms with Crippen LogP contribution in [0.1, 0.15) is 43.5 Å². The Morgan fingerprint density at radius 2 is 1.84 bits per heavy atom. The van der Waals surface area contributed by atoms with Crippen LogP contribution >= 0.6 is 11.3 Å². The van der Waals surface area contributed by atoms with Crippen molar-refractivity contribution in [1.82, 2.24) is 5.32 Å². The van der Waals surface area contributed by atoms with Crippen LogP contribution in [0.4, 0.5) is 0 Å². The van der Waals surface area contributed by atoms with Crippen molar-refractivity contribution in [1.29, 1.82) is 0 Å². The normalized spacial score (nSPS) is 24.0. The molecule has 132 valence electrons. The van der Waals surface area contributed by atoms with Crippen LogP contribution in [0.25, 0.3) is 0 Å². The van der Waals surface area contributed by atoms with E-state index in [1.54, 1.807) is 11.3 Å². The summed E-state index contributed by atoms with van der Waals surface area (Å²) in [6, 6.07) is 11.7. The Morgan fingerprint density at radius 3 is 2.52 bits per heavy atom. The summed E-state index contributed by atoms with van der Waals surface area (Å²) in [5.74, 6) is 1.75. The van der Waals surface area contributed by atoms with Gasteiger partial charge in [-0.25, -0.2) is 0 Å². The van der Waals surface area contributed by atoms with Gasteiger partial charge in [-0.3, -0.25) is 4.79 Å². The number of hydrogen-bond donors (Lipinski definition) is 1. The molecule has 1 amide bonds. The second kappa shape index (κ2) is 7.08. The van der Waals surface area contributed by atoms with Gasteiger partial charge in [0.15, 0.2) is 11.5 Å². The number of benzene rings is 1. The van der Waals surface area contributed by atoms with Gasteiger partial charge in [-0.05, 0) is 49.3 Å². The largest absolute Gasteiger partial charge is 0.482 e. The van der Waals surface area contributed by atoms with Crippen molar-refractivity contribution >= 4 is 17.2 Å². The molecule has 1 N–H and O–H groups in total. The van der Waals surface area contributed by atoms with Crippen molar-refractivity contribution in [3.8, 4) is 11.5 Å². The highest BCUT2D eigenvalue weighted by molar-refractivity contribution is 7.10. The molecule has 1 aromatic heterocycles. The third-order valence-electron chi connectivity index (χ3n) is 5.12. The molecule has 25 heavy (non-hydrogen) atoms. The van der Waals surface area contributed by atoms with Crippen LogP contribution in [0.3, 0.4) is 0 Å². The van der Waals surface area contributed by atoms with E-state index < -0.39 is 6.10 Å². The molecule has 2 aliphatic rings. The predicted molar refractivity (Wildman–Crippen MR) is 98.1 cm³/mol. The van der Waals surface area contributed by atoms with Crippen molar-refractivity contribution in [3.63, 3.8) is 0 Å². The van der Waals surface area contributed by atoms with Crippen LogP contribution in [-0.2, 0) is 4.79 Å². The molecule has 5 heteroatoms. The maximum absolute atomic E-state index is 13.0. The smallest absolute Gasteiger partial charge is 0.265 e. The summed E-state index contributed by atoms with van der Waals surface area (Å²) >= 11 is 1.71. The standard InChI is InChI=1S/C20H23NO3S/c1-13-19(24-16-10-5-4-9-15(16)23-13)20(22)21-18(14-7-2-3-8-14)17-11-6-12-25-17/h4-6,9-14,18-19H,2-3,7-8H2,1H3,(H,21,22)/t13-,18-,19-/m0/s1. The summed E-state index contributed by atoms with van der Waals surface area (Å²) in [7, 11) is 0. The van der Waals surface area contributed by atoms with E-state index >= 15 is 0 Å². The van der Waals surface area contributed by atoms with Crippen LogP contribution in [0.5, 0.6) is 11.5 Å². The van der Waals surface area contributed by atoms with E-state index in [-0.39, 0.29) is 18.1 Å². The number of amides is 1. The fourth-order valence-electron chi connectivity index (χ4n) is 3.82. The summed E-state index contributed by atoms with van der Waals surface area (Å²) in [4.78, 5) is 14.2. The van der Waals surface area contributed by atoms with E-state index in [2.05, 4.69) is 16.8 Å². The van der Waals surface area contributed by atoms with E-state index in [0.29, 0.717) is 17.4 Å². The predicted octanol–water partition coefficient (Wildman–Crippen LogP) is 4.32. The molecular weight excluding hydrogens is 334 g/mol. The first-order chi connectivity index (χ1) is 12.2. The minimum absolute atomic E-state index is 0.0722. The Kier molecular flexibility index (Phi) is 4.66. The van der Waals surface area contributed by atoms with Crippen LogP contribution in [0.2, 0.25) is 0 Å². The quantitative estimate of drug-likeness (QED) is 0.886. The van der Waals surface area contributed by atoms with Crippen LogP contribution < -0.4 is 14.8 Å². The molecule has 2 heterocycles. The number of carbonyl (C=O) groups is 1. The molecule has 1 aliphatic carbocycles. The number of nitrogens with one attached hydrogen (secondary N) is 1. The first-order valence-electron chi connectivity index (χ1n) is 8.98. The molecule has 0 bridgehead atoms. The van der Waals surface area contributed by atoms with Crippen LogP contribution in [-0.4, -0.2) is 18.1 Å². The summed E-state index contributed by atoms with van der Waals surface area (Å²) in [6.07, 6.45) is 3.89. The molecule has 1 aromatic carbocycles. The van der Waals surface area contributed by atoms with E-state index in [1.165, 1.54) is 30.6 Å². The number of rotatable bonds is 4. The zero-order valence-corrected chi connectivity index (χ0v) is 15.1. The summed E-state index contributed by atoms with van der Waals surface area (Å²) in [5.41, 5.74) is 0. The summed E-state index contributed by atoms with van der Waals surface area (Å²) in [6.45, 7) is 1.88. The second-order valence-corrected chi connectivity index (χ2v) is 7.83. The molecule has 0 unspecified atom stereocenters. The number of ether oxygens (including phenoxy) is 2. The van der Waals surface area contributed by atoms with Gasteiger partial charge >= 0.3 is 0 Å². The number of carbonyl (C=O) groups excluding carboxylic acids is 1. The van der Waals surface area contributed by atoms with Gasteiger partial charge in [0.1, 0.15) is 6.10 Å². The number of fused-ring (bicyclic) bond motifs is 1. The van der Waals surface area contributed by atoms with Crippen LogP contribution in [0, 0.1) is 5.92 Å². The maximum atomic E-state index is 13.0. The molecule has 0 radical (unpaired) electrons. The molecule has 1 saturated carbocycles. The first kappa shape index (κ1) is 16.5. The molecule has 2 aromatic rings. The third kappa shape index (κ3) is 3.38. The topological polar surface area (TPSA) is 47.6 Å². The van der Waals surface area contributed by atoms with Gasteiger partial charge in [-0.2, -0.15) is 0 Å². The molecule has 3 atom stereocenters. The summed E-state index contributed by atoms with van der Waals surface area (Å²) in [5, 5.41) is 5.33. The average molecular weight is 357 g/mol. The van der Waals surface area contributed by atoms with Crippen molar-refractivity contribution in [3.05, 3.63) is 46.7 Å². The van der Waals surface area contributed by atoms with Gasteiger partial charge in [0.05, 0.1) is 6.04 Å². The van der Waals surface area contributed by atoms with Gasteiger partial charge in [0.25, 0.3) is 5.91 Å². The third-order valence-corrected chi connectivity index (χ3v) is 6.07. The minimum atomic E-state index is -0.626. The van der Waals surface area contributed by atoms with E-state index in [9.17, 15) is 4.79 Å². The van der Waals surface area contributed by atoms with Crippen molar-refractivity contribution in [2.24, 2.45) is 5.92 Å². The molecule has 4 rings (SSSR count). The Morgan fingerprint density at radius 1 is 1.12 bits per heavy atom. The monoisotopic (exact) mass is 357 g/mol. The Bertz CT molecular complexity index is 724. The van der Waals surface area contributed by atoms with Crippen LogP contribution in [0.15, 0.2) is 41.8 Å². The van der Waals surface area contributed by atoms with Gasteiger partial charge in [-0.1, -0.05) is 31.0 Å². The van der Waals surface area contributed by atoms with E-state index in [1.807, 2.05) is 37.3 Å². The highest BCUT2D eigenvalue weighted by Gasteiger charge is 2.37. The molecule has 0 saturated heterocycles. The van der Waals surface area contributed by atoms with Gasteiger partial charge in [-0.15, -0.1) is 11.3 Å². The maximum Gasteiger partial charge on any atom is 0.265 e. The Balaban J connectivity index is 1.51. The van der Waals surface area contributed by atoms with Gasteiger partial charge in [0, 0.05) is 4.88 Å². The lowest BCUT2D eigenvalue weighted by atomic mass is 9.96. The lowest BCUT2D eigenvalue weighted by molar-refractivity contribution is -0.134. The molecule has 1 fully saturated rings. The molecule has 1 aliphatic heterocycles. The van der Waals surface area contributed by atoms with E-state index in [4.69, 9.17) is 9.47 Å². The highest BCUT2D eigenvalue weighted by Crippen LogP contribution is 2.38. The molecular formula is C20H23NO3S. The lowest BCUT2D eigenvalue weighted by Gasteiger charge is -2.33. The number of thiophene rings is 1. The highest BCUT2D eigenvalue weighted by atomic mass is 32.1. The zero-order valence-electron chi connectivity index (χ0n) is 14.3. The lowest BCUT2D eigenvalue weighted by Crippen LogP contribution is -2.50. The average Bonchev–Trinajstić information content (AvgIpc) is 3.32. The summed E-state index contributed by atoms with van der Waals surface area (Å²) < 4.78 is 11.8. The fraction of sp³-hybridized carbons (Fsp3) is 0.450.